The van der Waals surface area contributed by atoms with Gasteiger partial charge in [0.05, 0.1) is 9.99 Å². The summed E-state index contributed by atoms with van der Waals surface area (Å²) in [6.07, 6.45) is 1.67. The number of anilines is 1. The van der Waals surface area contributed by atoms with Crippen LogP contribution in [-0.2, 0) is 7.05 Å². The van der Waals surface area contributed by atoms with Crippen molar-refractivity contribution in [2.45, 2.75) is 0 Å². The van der Waals surface area contributed by atoms with E-state index in [0.29, 0.717) is 10.9 Å². The van der Waals surface area contributed by atoms with Gasteiger partial charge in [-0.05, 0) is 15.9 Å². The molecule has 0 aromatic carbocycles. The summed E-state index contributed by atoms with van der Waals surface area (Å²) in [6.45, 7) is 0. The third kappa shape index (κ3) is 1.06. The first-order valence-corrected chi connectivity index (χ1v) is 4.39. The molecular formula is C7H7BrN4O. The van der Waals surface area contributed by atoms with E-state index in [4.69, 9.17) is 5.73 Å². The highest BCUT2D eigenvalue weighted by atomic mass is 79.9. The van der Waals surface area contributed by atoms with Crippen LogP contribution in [0.3, 0.4) is 0 Å². The van der Waals surface area contributed by atoms with Crippen LogP contribution in [0.5, 0.6) is 0 Å². The Labute approximate surface area is 81.7 Å². The molecule has 0 bridgehead atoms. The number of nitrogens with two attached hydrogens (primary N) is 1. The average Bonchev–Trinajstić information content (AvgIpc) is 2.44. The molecule has 5 nitrogen and oxygen atoms in total. The van der Waals surface area contributed by atoms with E-state index in [1.165, 1.54) is 4.57 Å². The summed E-state index contributed by atoms with van der Waals surface area (Å²) in [5, 5.41) is 6.88. The molecule has 0 aliphatic rings. The smallest absolute Gasteiger partial charge is 0.263 e. The van der Waals surface area contributed by atoms with E-state index < -0.39 is 0 Å². The second-order valence-electron chi connectivity index (χ2n) is 2.75. The molecule has 2 aromatic heterocycles. The number of rotatable bonds is 0. The SMILES string of the molecule is Cn1cc(Br)c2[nH]nc(N)c2c1=O. The molecule has 2 rings (SSSR count). The van der Waals surface area contributed by atoms with Crippen LogP contribution in [0.4, 0.5) is 5.82 Å². The summed E-state index contributed by atoms with van der Waals surface area (Å²) in [5.74, 6) is 0.233. The first-order chi connectivity index (χ1) is 6.11. The molecule has 6 heteroatoms. The Kier molecular flexibility index (Phi) is 1.66. The van der Waals surface area contributed by atoms with Crippen molar-refractivity contribution in [3.63, 3.8) is 0 Å². The number of halogens is 1. The fourth-order valence-corrected chi connectivity index (χ4v) is 1.81. The summed E-state index contributed by atoms with van der Waals surface area (Å²) < 4.78 is 2.23. The fraction of sp³-hybridized carbons (Fsp3) is 0.143. The predicted octanol–water partition coefficient (Wildman–Crippen LogP) is 0.606. The van der Waals surface area contributed by atoms with Crippen LogP contribution >= 0.6 is 15.9 Å². The van der Waals surface area contributed by atoms with Gasteiger partial charge in [0.25, 0.3) is 5.56 Å². The lowest BCUT2D eigenvalue weighted by atomic mass is 10.3. The first kappa shape index (κ1) is 8.31. The molecule has 0 aliphatic carbocycles. The van der Waals surface area contributed by atoms with Gasteiger partial charge in [-0.25, -0.2) is 0 Å². The third-order valence-corrected chi connectivity index (χ3v) is 2.48. The van der Waals surface area contributed by atoms with Gasteiger partial charge in [-0.1, -0.05) is 0 Å². The average molecular weight is 243 g/mol. The molecule has 3 N–H and O–H groups in total. The number of hydrogen-bond donors (Lipinski definition) is 2. The zero-order valence-electron chi connectivity index (χ0n) is 6.84. The molecule has 13 heavy (non-hydrogen) atoms. The fourth-order valence-electron chi connectivity index (χ4n) is 1.21. The molecule has 68 valence electrons. The Balaban J connectivity index is 3.10. The van der Waals surface area contributed by atoms with E-state index in [2.05, 4.69) is 26.1 Å². The quantitative estimate of drug-likeness (QED) is 0.711. The van der Waals surface area contributed by atoms with Crippen LogP contribution < -0.4 is 11.3 Å². The van der Waals surface area contributed by atoms with E-state index in [1.54, 1.807) is 13.2 Å². The Morgan fingerprint density at radius 1 is 1.69 bits per heavy atom. The maximum Gasteiger partial charge on any atom is 0.263 e. The van der Waals surface area contributed by atoms with E-state index >= 15 is 0 Å². The van der Waals surface area contributed by atoms with Crippen molar-refractivity contribution in [3.8, 4) is 0 Å². The Morgan fingerprint density at radius 3 is 3.08 bits per heavy atom. The Bertz CT molecular complexity index is 527. The molecule has 0 unspecified atom stereocenters. The third-order valence-electron chi connectivity index (χ3n) is 1.87. The molecule has 0 amide bonds. The lowest BCUT2D eigenvalue weighted by molar-refractivity contribution is 0.869. The molecule has 0 saturated heterocycles. The van der Waals surface area contributed by atoms with Crippen molar-refractivity contribution < 1.29 is 0 Å². The van der Waals surface area contributed by atoms with Gasteiger partial charge in [0.15, 0.2) is 5.82 Å². The summed E-state index contributed by atoms with van der Waals surface area (Å²) in [6, 6.07) is 0. The van der Waals surface area contributed by atoms with Crippen LogP contribution in [0, 0.1) is 0 Å². The second-order valence-corrected chi connectivity index (χ2v) is 3.61. The van der Waals surface area contributed by atoms with Gasteiger partial charge in [-0.3, -0.25) is 9.89 Å². The van der Waals surface area contributed by atoms with E-state index in [1.807, 2.05) is 0 Å². The lowest BCUT2D eigenvalue weighted by Gasteiger charge is -1.98. The number of hydrogen-bond acceptors (Lipinski definition) is 3. The van der Waals surface area contributed by atoms with Crippen LogP contribution in [-0.4, -0.2) is 14.8 Å². The van der Waals surface area contributed by atoms with Crippen LogP contribution in [0.1, 0.15) is 0 Å². The summed E-state index contributed by atoms with van der Waals surface area (Å²) >= 11 is 3.31. The molecular weight excluding hydrogens is 236 g/mol. The molecule has 0 atom stereocenters. The maximum atomic E-state index is 11.6. The number of pyridine rings is 1. The molecule has 0 spiro atoms. The van der Waals surface area contributed by atoms with E-state index in [0.717, 1.165) is 4.47 Å². The molecule has 2 aromatic rings. The van der Waals surface area contributed by atoms with Crippen LogP contribution in [0.2, 0.25) is 0 Å². The summed E-state index contributed by atoms with van der Waals surface area (Å²) in [5.41, 5.74) is 6.03. The maximum absolute atomic E-state index is 11.6. The van der Waals surface area contributed by atoms with Crippen molar-refractivity contribution in [2.24, 2.45) is 7.05 Å². The molecule has 0 aliphatic heterocycles. The predicted molar refractivity (Wildman–Crippen MR) is 53.4 cm³/mol. The highest BCUT2D eigenvalue weighted by molar-refractivity contribution is 9.10. The number of nitrogens with one attached hydrogen (secondary N) is 1. The van der Waals surface area contributed by atoms with Crippen molar-refractivity contribution in [2.75, 3.05) is 5.73 Å². The Hall–Kier alpha value is -1.30. The van der Waals surface area contributed by atoms with Gasteiger partial charge in [0.2, 0.25) is 0 Å². The number of fused-ring (bicyclic) bond motifs is 1. The normalized spacial score (nSPS) is 10.9. The first-order valence-electron chi connectivity index (χ1n) is 3.60. The van der Waals surface area contributed by atoms with Gasteiger partial charge >= 0.3 is 0 Å². The van der Waals surface area contributed by atoms with Gasteiger partial charge < -0.3 is 10.3 Å². The standard InChI is InChI=1S/C7H7BrN4O/c1-12-2-3(8)5-4(7(12)13)6(9)11-10-5/h2H,1H3,(H3,9,10,11). The van der Waals surface area contributed by atoms with Gasteiger partial charge in [0, 0.05) is 13.2 Å². The minimum Gasteiger partial charge on any atom is -0.382 e. The van der Waals surface area contributed by atoms with Crippen LogP contribution in [0.15, 0.2) is 15.5 Å². The monoisotopic (exact) mass is 242 g/mol. The van der Waals surface area contributed by atoms with Crippen molar-refractivity contribution in [1.29, 1.82) is 0 Å². The molecule has 2 heterocycles. The lowest BCUT2D eigenvalue weighted by Crippen LogP contribution is -2.16. The molecule has 0 saturated carbocycles. The van der Waals surface area contributed by atoms with E-state index in [9.17, 15) is 4.79 Å². The zero-order chi connectivity index (χ0) is 9.59. The number of aromatic nitrogens is 3. The van der Waals surface area contributed by atoms with Gasteiger partial charge in [-0.2, -0.15) is 5.10 Å². The topological polar surface area (TPSA) is 76.7 Å². The molecule has 0 fully saturated rings. The van der Waals surface area contributed by atoms with Crippen molar-refractivity contribution in [1.82, 2.24) is 14.8 Å². The largest absolute Gasteiger partial charge is 0.382 e. The summed E-state index contributed by atoms with van der Waals surface area (Å²) in [4.78, 5) is 11.6. The Morgan fingerprint density at radius 2 is 2.38 bits per heavy atom. The van der Waals surface area contributed by atoms with Crippen molar-refractivity contribution in [3.05, 3.63) is 21.0 Å². The van der Waals surface area contributed by atoms with Crippen molar-refractivity contribution >= 4 is 32.7 Å². The number of aromatic amines is 1. The number of nitrogens with zero attached hydrogens (tertiary/aromatic N) is 2. The van der Waals surface area contributed by atoms with Gasteiger partial charge in [-0.15, -0.1) is 0 Å². The van der Waals surface area contributed by atoms with Crippen LogP contribution in [0.25, 0.3) is 10.9 Å². The zero-order valence-corrected chi connectivity index (χ0v) is 8.42. The minimum atomic E-state index is -0.149. The summed E-state index contributed by atoms with van der Waals surface area (Å²) in [7, 11) is 1.67. The number of aryl methyl sites for hydroxylation is 1. The minimum absolute atomic E-state index is 0.149. The molecule has 0 radical (unpaired) electrons. The van der Waals surface area contributed by atoms with Gasteiger partial charge in [0.1, 0.15) is 5.39 Å². The van der Waals surface area contributed by atoms with E-state index in [-0.39, 0.29) is 11.4 Å². The highest BCUT2D eigenvalue weighted by Crippen LogP contribution is 2.21. The number of H-pyrrole nitrogens is 1. The number of nitrogen functional groups attached to an aromatic ring is 1. The highest BCUT2D eigenvalue weighted by Gasteiger charge is 2.10. The second kappa shape index (κ2) is 2.59.